The SMILES string of the molecule is O=C(CCc1ccc(Cl)s1)NCCN1CCN(c2ccc(F)cc2)CC1. The first-order valence-corrected chi connectivity index (χ1v) is 10.0. The van der Waals surface area contributed by atoms with E-state index in [-0.39, 0.29) is 11.7 Å². The molecule has 0 unspecified atom stereocenters. The minimum Gasteiger partial charge on any atom is -0.369 e. The summed E-state index contributed by atoms with van der Waals surface area (Å²) in [5, 5.41) is 2.99. The van der Waals surface area contributed by atoms with Crippen LogP contribution in [0.4, 0.5) is 10.1 Å². The van der Waals surface area contributed by atoms with E-state index in [0.717, 1.165) is 54.0 Å². The smallest absolute Gasteiger partial charge is 0.220 e. The Morgan fingerprint density at radius 1 is 1.12 bits per heavy atom. The maximum atomic E-state index is 13.0. The van der Waals surface area contributed by atoms with Crippen LogP contribution >= 0.6 is 22.9 Å². The fourth-order valence-electron chi connectivity index (χ4n) is 3.05. The molecule has 2 aromatic rings. The maximum Gasteiger partial charge on any atom is 0.220 e. The number of piperazine rings is 1. The van der Waals surface area contributed by atoms with Gasteiger partial charge in [-0.3, -0.25) is 9.69 Å². The van der Waals surface area contributed by atoms with Gasteiger partial charge in [-0.15, -0.1) is 11.3 Å². The van der Waals surface area contributed by atoms with Crippen molar-refractivity contribution < 1.29 is 9.18 Å². The number of hydrogen-bond donors (Lipinski definition) is 1. The van der Waals surface area contributed by atoms with Crippen LogP contribution in [0.3, 0.4) is 0 Å². The molecule has 1 fully saturated rings. The van der Waals surface area contributed by atoms with Gasteiger partial charge in [0.15, 0.2) is 0 Å². The third kappa shape index (κ3) is 5.69. The molecule has 1 saturated heterocycles. The van der Waals surface area contributed by atoms with Gasteiger partial charge >= 0.3 is 0 Å². The lowest BCUT2D eigenvalue weighted by Gasteiger charge is -2.36. The molecule has 0 atom stereocenters. The second kappa shape index (κ2) is 9.35. The number of amides is 1. The minimum atomic E-state index is -0.203. The highest BCUT2D eigenvalue weighted by Gasteiger charge is 2.17. The molecule has 1 N–H and O–H groups in total. The minimum absolute atomic E-state index is 0.0828. The molecule has 0 saturated carbocycles. The van der Waals surface area contributed by atoms with Gasteiger partial charge in [0.25, 0.3) is 0 Å². The second-order valence-corrected chi connectivity index (χ2v) is 8.16. The Morgan fingerprint density at radius 3 is 2.50 bits per heavy atom. The van der Waals surface area contributed by atoms with E-state index in [0.29, 0.717) is 13.0 Å². The fraction of sp³-hybridized carbons (Fsp3) is 0.421. The van der Waals surface area contributed by atoms with Crippen molar-refractivity contribution in [2.24, 2.45) is 0 Å². The summed E-state index contributed by atoms with van der Waals surface area (Å²) >= 11 is 7.42. The van der Waals surface area contributed by atoms with Gasteiger partial charge in [0.1, 0.15) is 5.82 Å². The van der Waals surface area contributed by atoms with E-state index in [2.05, 4.69) is 15.1 Å². The number of halogens is 2. The summed E-state index contributed by atoms with van der Waals surface area (Å²) in [5.74, 6) is -0.121. The molecule has 1 aliphatic rings. The molecule has 0 radical (unpaired) electrons. The van der Waals surface area contributed by atoms with E-state index in [1.165, 1.54) is 23.5 Å². The van der Waals surface area contributed by atoms with Crippen LogP contribution in [0.5, 0.6) is 0 Å². The zero-order valence-electron chi connectivity index (χ0n) is 14.6. The van der Waals surface area contributed by atoms with Crippen LogP contribution in [0.25, 0.3) is 0 Å². The normalized spacial score (nSPS) is 15.2. The molecule has 0 spiro atoms. The molecule has 1 amide bonds. The lowest BCUT2D eigenvalue weighted by Crippen LogP contribution is -2.48. The Bertz CT molecular complexity index is 714. The zero-order chi connectivity index (χ0) is 18.4. The number of anilines is 1. The lowest BCUT2D eigenvalue weighted by atomic mass is 10.2. The largest absolute Gasteiger partial charge is 0.369 e. The number of carbonyl (C=O) groups is 1. The molecule has 4 nitrogen and oxygen atoms in total. The van der Waals surface area contributed by atoms with Gasteiger partial charge in [0.2, 0.25) is 5.91 Å². The van der Waals surface area contributed by atoms with Crippen LogP contribution < -0.4 is 10.2 Å². The fourth-order valence-corrected chi connectivity index (χ4v) is 4.13. The second-order valence-electron chi connectivity index (χ2n) is 6.36. The molecular weight excluding hydrogens is 373 g/mol. The Morgan fingerprint density at radius 2 is 1.85 bits per heavy atom. The van der Waals surface area contributed by atoms with Crippen LogP contribution in [-0.4, -0.2) is 50.1 Å². The van der Waals surface area contributed by atoms with E-state index in [1.54, 1.807) is 0 Å². The third-order valence-corrected chi connectivity index (χ3v) is 5.83. The average Bonchev–Trinajstić information content (AvgIpc) is 3.07. The average molecular weight is 396 g/mol. The van der Waals surface area contributed by atoms with Gasteiger partial charge in [-0.05, 0) is 42.8 Å². The Kier molecular flexibility index (Phi) is 6.88. The summed E-state index contributed by atoms with van der Waals surface area (Å²) in [6.07, 6.45) is 1.23. The van der Waals surface area contributed by atoms with Crippen molar-refractivity contribution in [3.8, 4) is 0 Å². The van der Waals surface area contributed by atoms with E-state index < -0.39 is 0 Å². The lowest BCUT2D eigenvalue weighted by molar-refractivity contribution is -0.121. The first-order valence-electron chi connectivity index (χ1n) is 8.84. The predicted molar refractivity (Wildman–Crippen MR) is 106 cm³/mol. The number of rotatable bonds is 7. The standard InChI is InChI=1S/C19H23ClFN3OS/c20-18-7-5-17(26-18)6-8-19(25)22-9-10-23-11-13-24(14-12-23)16-3-1-15(21)2-4-16/h1-5,7H,6,8-14H2,(H,22,25). The van der Waals surface area contributed by atoms with Gasteiger partial charge < -0.3 is 10.2 Å². The number of hydrogen-bond acceptors (Lipinski definition) is 4. The summed E-state index contributed by atoms with van der Waals surface area (Å²) in [5.41, 5.74) is 1.06. The van der Waals surface area contributed by atoms with Gasteiger partial charge in [0, 0.05) is 56.3 Å². The van der Waals surface area contributed by atoms with E-state index >= 15 is 0 Å². The van der Waals surface area contributed by atoms with Gasteiger partial charge in [-0.2, -0.15) is 0 Å². The topological polar surface area (TPSA) is 35.6 Å². The van der Waals surface area contributed by atoms with Crippen LogP contribution in [0.2, 0.25) is 4.34 Å². The Hall–Kier alpha value is -1.63. The molecule has 0 bridgehead atoms. The maximum absolute atomic E-state index is 13.0. The number of benzene rings is 1. The Balaban J connectivity index is 1.31. The van der Waals surface area contributed by atoms with Crippen molar-refractivity contribution in [2.75, 3.05) is 44.2 Å². The van der Waals surface area contributed by atoms with Crippen LogP contribution in [0.1, 0.15) is 11.3 Å². The molecule has 3 rings (SSSR count). The highest BCUT2D eigenvalue weighted by atomic mass is 35.5. The van der Waals surface area contributed by atoms with Crippen LogP contribution in [0, 0.1) is 5.82 Å². The molecule has 26 heavy (non-hydrogen) atoms. The highest BCUT2D eigenvalue weighted by molar-refractivity contribution is 7.16. The van der Waals surface area contributed by atoms with Crippen molar-refractivity contribution in [3.05, 3.63) is 51.4 Å². The third-order valence-electron chi connectivity index (χ3n) is 4.54. The molecule has 7 heteroatoms. The van der Waals surface area contributed by atoms with Gasteiger partial charge in [0.05, 0.1) is 4.34 Å². The molecular formula is C19H23ClFN3OS. The molecule has 1 aromatic heterocycles. The van der Waals surface area contributed by atoms with Crippen molar-refractivity contribution >= 4 is 34.5 Å². The monoisotopic (exact) mass is 395 g/mol. The van der Waals surface area contributed by atoms with E-state index in [1.807, 2.05) is 24.3 Å². The highest BCUT2D eigenvalue weighted by Crippen LogP contribution is 2.22. The van der Waals surface area contributed by atoms with Crippen molar-refractivity contribution in [3.63, 3.8) is 0 Å². The van der Waals surface area contributed by atoms with E-state index in [4.69, 9.17) is 11.6 Å². The molecule has 1 aromatic carbocycles. The number of carbonyl (C=O) groups excluding carboxylic acids is 1. The number of nitrogens with zero attached hydrogens (tertiary/aromatic N) is 2. The van der Waals surface area contributed by atoms with Crippen molar-refractivity contribution in [2.45, 2.75) is 12.8 Å². The van der Waals surface area contributed by atoms with Crippen LogP contribution in [0.15, 0.2) is 36.4 Å². The summed E-state index contributed by atoms with van der Waals surface area (Å²) in [6.45, 7) is 5.24. The van der Waals surface area contributed by atoms with Gasteiger partial charge in [-0.25, -0.2) is 4.39 Å². The Labute approximate surface area is 162 Å². The van der Waals surface area contributed by atoms with Gasteiger partial charge in [-0.1, -0.05) is 11.6 Å². The summed E-state index contributed by atoms with van der Waals surface area (Å²) in [7, 11) is 0. The summed E-state index contributed by atoms with van der Waals surface area (Å²) in [4.78, 5) is 17.7. The molecule has 1 aliphatic heterocycles. The first-order chi connectivity index (χ1) is 12.6. The zero-order valence-corrected chi connectivity index (χ0v) is 16.2. The molecule has 0 aliphatic carbocycles. The van der Waals surface area contributed by atoms with E-state index in [9.17, 15) is 9.18 Å². The number of thiophene rings is 1. The molecule has 140 valence electrons. The molecule has 2 heterocycles. The van der Waals surface area contributed by atoms with Crippen LogP contribution in [-0.2, 0) is 11.2 Å². The van der Waals surface area contributed by atoms with Crippen molar-refractivity contribution in [1.82, 2.24) is 10.2 Å². The number of nitrogens with one attached hydrogen (secondary N) is 1. The first kappa shape index (κ1) is 19.1. The summed E-state index contributed by atoms with van der Waals surface area (Å²) in [6, 6.07) is 10.5. The predicted octanol–water partition coefficient (Wildman–Crippen LogP) is 3.41. The summed E-state index contributed by atoms with van der Waals surface area (Å²) < 4.78 is 13.8. The van der Waals surface area contributed by atoms with Crippen molar-refractivity contribution in [1.29, 1.82) is 0 Å². The number of aryl methyl sites for hydroxylation is 1. The quantitative estimate of drug-likeness (QED) is 0.780.